The van der Waals surface area contributed by atoms with Crippen molar-refractivity contribution in [3.63, 3.8) is 0 Å². The fourth-order valence-corrected chi connectivity index (χ4v) is 2.82. The van der Waals surface area contributed by atoms with Gasteiger partial charge in [-0.25, -0.2) is 0 Å². The maximum atomic E-state index is 8.83. The summed E-state index contributed by atoms with van der Waals surface area (Å²) in [5, 5.41) is 12.3. The Morgan fingerprint density at radius 3 is 2.71 bits per heavy atom. The van der Waals surface area contributed by atoms with Crippen LogP contribution in [0.25, 0.3) is 0 Å². The third kappa shape index (κ3) is 4.70. The number of aryl methyl sites for hydroxylation is 2. The van der Waals surface area contributed by atoms with E-state index in [0.717, 1.165) is 18.1 Å². The molecule has 0 aliphatic heterocycles. The molecule has 96 valence electrons. The summed E-state index contributed by atoms with van der Waals surface area (Å²) in [6.45, 7) is 7.66. The van der Waals surface area contributed by atoms with Gasteiger partial charge in [-0.05, 0) is 31.5 Å². The van der Waals surface area contributed by atoms with Gasteiger partial charge < -0.3 is 10.4 Å². The largest absolute Gasteiger partial charge is 0.396 e. The first kappa shape index (κ1) is 14.6. The van der Waals surface area contributed by atoms with Crippen LogP contribution in [0.1, 0.15) is 29.7 Å². The Kier molecular flexibility index (Phi) is 6.63. The highest BCUT2D eigenvalue weighted by atomic mass is 32.2. The molecule has 0 fully saturated rings. The third-order valence-corrected chi connectivity index (χ3v) is 3.81. The first-order valence-corrected chi connectivity index (χ1v) is 7.33. The van der Waals surface area contributed by atoms with Gasteiger partial charge in [0.1, 0.15) is 0 Å². The molecule has 0 bridgehead atoms. The number of nitrogens with one attached hydrogen (secondary N) is 1. The molecule has 1 atom stereocenters. The summed E-state index contributed by atoms with van der Waals surface area (Å²) in [7, 11) is 0. The van der Waals surface area contributed by atoms with Crippen LogP contribution in [-0.4, -0.2) is 29.8 Å². The molecule has 0 spiro atoms. The number of thioether (sulfide) groups is 1. The Labute approximate surface area is 109 Å². The van der Waals surface area contributed by atoms with E-state index in [1.165, 1.54) is 16.7 Å². The van der Waals surface area contributed by atoms with Crippen molar-refractivity contribution in [3.05, 3.63) is 34.9 Å². The average Bonchev–Trinajstić information content (AvgIpc) is 2.28. The van der Waals surface area contributed by atoms with Crippen LogP contribution in [0.15, 0.2) is 18.2 Å². The van der Waals surface area contributed by atoms with E-state index in [1.807, 2.05) is 0 Å². The van der Waals surface area contributed by atoms with E-state index in [1.54, 1.807) is 11.8 Å². The average molecular weight is 253 g/mol. The van der Waals surface area contributed by atoms with E-state index in [2.05, 4.69) is 44.3 Å². The van der Waals surface area contributed by atoms with Crippen LogP contribution >= 0.6 is 11.8 Å². The number of aliphatic hydroxyl groups excluding tert-OH is 1. The molecule has 2 N–H and O–H groups in total. The molecule has 0 aliphatic rings. The second-order valence-corrected chi connectivity index (χ2v) is 5.42. The molecule has 0 heterocycles. The van der Waals surface area contributed by atoms with Gasteiger partial charge in [0.2, 0.25) is 0 Å². The van der Waals surface area contributed by atoms with Gasteiger partial charge in [0.05, 0.1) is 6.61 Å². The Morgan fingerprint density at radius 1 is 1.35 bits per heavy atom. The van der Waals surface area contributed by atoms with Gasteiger partial charge in [-0.3, -0.25) is 0 Å². The molecule has 0 aliphatic carbocycles. The van der Waals surface area contributed by atoms with Crippen LogP contribution in [0.4, 0.5) is 0 Å². The Bertz CT molecular complexity index is 341. The lowest BCUT2D eigenvalue weighted by molar-refractivity contribution is 0.322. The van der Waals surface area contributed by atoms with Crippen molar-refractivity contribution in [2.45, 2.75) is 26.8 Å². The highest BCUT2D eigenvalue weighted by molar-refractivity contribution is 7.99. The zero-order chi connectivity index (χ0) is 12.7. The molecule has 0 amide bonds. The molecule has 0 aromatic heterocycles. The smallest absolute Gasteiger partial charge is 0.0521 e. The number of hydrogen-bond donors (Lipinski definition) is 2. The molecular weight excluding hydrogens is 230 g/mol. The molecule has 1 unspecified atom stereocenters. The lowest BCUT2D eigenvalue weighted by atomic mass is 10.0. The van der Waals surface area contributed by atoms with Gasteiger partial charge in [-0.1, -0.05) is 30.7 Å². The van der Waals surface area contributed by atoms with Gasteiger partial charge >= 0.3 is 0 Å². The summed E-state index contributed by atoms with van der Waals surface area (Å²) in [6.07, 6.45) is 0. The minimum Gasteiger partial charge on any atom is -0.396 e. The summed E-state index contributed by atoms with van der Waals surface area (Å²) in [6, 6.07) is 7.01. The second kappa shape index (κ2) is 7.75. The summed E-state index contributed by atoms with van der Waals surface area (Å²) >= 11 is 1.80. The Morgan fingerprint density at radius 2 is 2.12 bits per heavy atom. The van der Waals surface area contributed by atoms with Crippen molar-refractivity contribution >= 4 is 11.8 Å². The maximum absolute atomic E-state index is 8.83. The number of rotatable bonds is 7. The molecule has 1 aromatic rings. The molecule has 1 rings (SSSR count). The van der Waals surface area contributed by atoms with Crippen molar-refractivity contribution in [2.24, 2.45) is 0 Å². The fraction of sp³-hybridized carbons (Fsp3) is 0.571. The number of hydrogen-bond acceptors (Lipinski definition) is 3. The zero-order valence-electron chi connectivity index (χ0n) is 11.0. The second-order valence-electron chi connectivity index (χ2n) is 4.27. The fourth-order valence-electron chi connectivity index (χ4n) is 1.99. The van der Waals surface area contributed by atoms with Crippen molar-refractivity contribution in [2.75, 3.05) is 24.7 Å². The van der Waals surface area contributed by atoms with Crippen molar-refractivity contribution in [1.29, 1.82) is 0 Å². The summed E-state index contributed by atoms with van der Waals surface area (Å²) in [5.74, 6) is 1.82. The van der Waals surface area contributed by atoms with Crippen molar-refractivity contribution in [3.8, 4) is 0 Å². The standard InChI is InChI=1S/C14H23NOS/c1-4-15-14(10-17-8-7-16)13-6-5-11(2)9-12(13)3/h5-6,9,14-16H,4,7-8,10H2,1-3H3. The van der Waals surface area contributed by atoms with E-state index in [-0.39, 0.29) is 6.61 Å². The minimum atomic E-state index is 0.260. The van der Waals surface area contributed by atoms with E-state index < -0.39 is 0 Å². The van der Waals surface area contributed by atoms with Gasteiger partial charge in [0, 0.05) is 17.5 Å². The molecule has 17 heavy (non-hydrogen) atoms. The topological polar surface area (TPSA) is 32.3 Å². The Hall–Kier alpha value is -0.510. The Balaban J connectivity index is 2.74. The summed E-state index contributed by atoms with van der Waals surface area (Å²) in [4.78, 5) is 0. The van der Waals surface area contributed by atoms with Crippen LogP contribution in [0.3, 0.4) is 0 Å². The summed E-state index contributed by atoms with van der Waals surface area (Å²) in [5.41, 5.74) is 4.04. The van der Waals surface area contributed by atoms with Gasteiger partial charge in [-0.15, -0.1) is 0 Å². The van der Waals surface area contributed by atoms with Crippen LogP contribution in [0.5, 0.6) is 0 Å². The highest BCUT2D eigenvalue weighted by Gasteiger charge is 2.12. The minimum absolute atomic E-state index is 0.260. The van der Waals surface area contributed by atoms with Crippen LogP contribution < -0.4 is 5.32 Å². The first-order chi connectivity index (χ1) is 8.19. The molecule has 0 saturated carbocycles. The summed E-state index contributed by atoms with van der Waals surface area (Å²) < 4.78 is 0. The molecule has 2 nitrogen and oxygen atoms in total. The van der Waals surface area contributed by atoms with Crippen LogP contribution in [0.2, 0.25) is 0 Å². The maximum Gasteiger partial charge on any atom is 0.0521 e. The number of benzene rings is 1. The SMILES string of the molecule is CCNC(CSCCO)c1ccc(C)cc1C. The predicted octanol–water partition coefficient (Wildman–Crippen LogP) is 2.68. The molecule has 0 radical (unpaired) electrons. The highest BCUT2D eigenvalue weighted by Crippen LogP contribution is 2.22. The molecule has 0 saturated heterocycles. The third-order valence-electron chi connectivity index (χ3n) is 2.77. The monoisotopic (exact) mass is 253 g/mol. The van der Waals surface area contributed by atoms with E-state index in [0.29, 0.717) is 6.04 Å². The normalized spacial score (nSPS) is 12.7. The quantitative estimate of drug-likeness (QED) is 0.733. The lowest BCUT2D eigenvalue weighted by Crippen LogP contribution is -2.24. The van der Waals surface area contributed by atoms with Gasteiger partial charge in [-0.2, -0.15) is 11.8 Å². The van der Waals surface area contributed by atoms with E-state index in [9.17, 15) is 0 Å². The van der Waals surface area contributed by atoms with Crippen molar-refractivity contribution in [1.82, 2.24) is 5.32 Å². The van der Waals surface area contributed by atoms with Crippen molar-refractivity contribution < 1.29 is 5.11 Å². The van der Waals surface area contributed by atoms with Crippen LogP contribution in [-0.2, 0) is 0 Å². The predicted molar refractivity (Wildman–Crippen MR) is 76.7 cm³/mol. The van der Waals surface area contributed by atoms with Gasteiger partial charge in [0.15, 0.2) is 0 Å². The van der Waals surface area contributed by atoms with E-state index >= 15 is 0 Å². The molecular formula is C14H23NOS. The van der Waals surface area contributed by atoms with E-state index in [4.69, 9.17) is 5.11 Å². The molecule has 3 heteroatoms. The molecule has 1 aromatic carbocycles. The van der Waals surface area contributed by atoms with Crippen LogP contribution in [0, 0.1) is 13.8 Å². The number of aliphatic hydroxyl groups is 1. The zero-order valence-corrected chi connectivity index (χ0v) is 11.8. The first-order valence-electron chi connectivity index (χ1n) is 6.18. The van der Waals surface area contributed by atoms with Gasteiger partial charge in [0.25, 0.3) is 0 Å². The lowest BCUT2D eigenvalue weighted by Gasteiger charge is -2.20.